The van der Waals surface area contributed by atoms with E-state index in [1.807, 2.05) is 13.8 Å². The summed E-state index contributed by atoms with van der Waals surface area (Å²) >= 11 is 0.975. The Balaban J connectivity index is 2.26. The highest BCUT2D eigenvalue weighted by atomic mass is 32.1. The first-order valence-electron chi connectivity index (χ1n) is 10.2. The highest BCUT2D eigenvalue weighted by Gasteiger charge is 2.28. The molecule has 2 rings (SSSR count). The maximum absolute atomic E-state index is 13.5. The van der Waals surface area contributed by atoms with Crippen molar-refractivity contribution in [1.82, 2.24) is 4.90 Å². The van der Waals surface area contributed by atoms with E-state index in [1.54, 1.807) is 18.7 Å². The predicted octanol–water partition coefficient (Wildman–Crippen LogP) is 3.81. The van der Waals surface area contributed by atoms with E-state index < -0.39 is 28.3 Å². The molecule has 178 valence electrons. The minimum atomic E-state index is -0.992. The van der Waals surface area contributed by atoms with E-state index in [4.69, 9.17) is 4.74 Å². The molecule has 10 nitrogen and oxygen atoms in total. The molecule has 0 spiro atoms. The fourth-order valence-electron chi connectivity index (χ4n) is 3.02. The zero-order valence-corrected chi connectivity index (χ0v) is 19.5. The van der Waals surface area contributed by atoms with Gasteiger partial charge in [-0.05, 0) is 45.4 Å². The zero-order valence-electron chi connectivity index (χ0n) is 18.7. The molecule has 2 N–H and O–H groups in total. The summed E-state index contributed by atoms with van der Waals surface area (Å²) in [4.78, 5) is 49.8. The van der Waals surface area contributed by atoms with Gasteiger partial charge >= 0.3 is 11.7 Å². The second kappa shape index (κ2) is 11.4. The van der Waals surface area contributed by atoms with Crippen molar-refractivity contribution in [2.45, 2.75) is 27.7 Å². The highest BCUT2D eigenvalue weighted by molar-refractivity contribution is 7.18. The Bertz CT molecular complexity index is 1070. The van der Waals surface area contributed by atoms with Crippen molar-refractivity contribution < 1.29 is 28.4 Å². The van der Waals surface area contributed by atoms with Gasteiger partial charge in [-0.3, -0.25) is 19.7 Å². The quantitative estimate of drug-likeness (QED) is 0.300. The van der Waals surface area contributed by atoms with Crippen LogP contribution in [-0.4, -0.2) is 53.8 Å². The van der Waals surface area contributed by atoms with Crippen LogP contribution in [0.4, 0.5) is 20.8 Å². The minimum absolute atomic E-state index is 0.100. The van der Waals surface area contributed by atoms with Crippen LogP contribution < -0.4 is 10.6 Å². The second-order valence-corrected chi connectivity index (χ2v) is 7.80. The minimum Gasteiger partial charge on any atom is -0.462 e. The number of nitro groups is 1. The van der Waals surface area contributed by atoms with Gasteiger partial charge in [0.1, 0.15) is 5.00 Å². The molecular weight excluding hydrogens is 455 g/mol. The van der Waals surface area contributed by atoms with Crippen LogP contribution in [-0.2, 0) is 9.53 Å². The lowest BCUT2D eigenvalue weighted by molar-refractivity contribution is -0.387. The average Bonchev–Trinajstić information content (AvgIpc) is 3.09. The number of amides is 2. The number of rotatable bonds is 10. The number of halogens is 1. The largest absolute Gasteiger partial charge is 0.462 e. The number of nitrogens with zero attached hydrogens (tertiary/aromatic N) is 2. The number of anilines is 2. The molecule has 0 aliphatic rings. The van der Waals surface area contributed by atoms with Crippen LogP contribution >= 0.6 is 11.3 Å². The Morgan fingerprint density at radius 1 is 1.21 bits per heavy atom. The van der Waals surface area contributed by atoms with E-state index in [0.717, 1.165) is 23.5 Å². The monoisotopic (exact) mass is 480 g/mol. The molecule has 2 amide bonds. The van der Waals surface area contributed by atoms with Crippen LogP contribution in [0.15, 0.2) is 18.2 Å². The van der Waals surface area contributed by atoms with Crippen molar-refractivity contribution in [3.05, 3.63) is 50.1 Å². The number of esters is 1. The second-order valence-electron chi connectivity index (χ2n) is 6.78. The topological polar surface area (TPSA) is 131 Å². The number of benzene rings is 1. The molecule has 12 heteroatoms. The molecule has 33 heavy (non-hydrogen) atoms. The van der Waals surface area contributed by atoms with Gasteiger partial charge in [0.05, 0.1) is 28.5 Å². The zero-order chi connectivity index (χ0) is 24.7. The van der Waals surface area contributed by atoms with Crippen molar-refractivity contribution in [2.24, 2.45) is 0 Å². The molecular formula is C21H25FN4O6S. The predicted molar refractivity (Wildman–Crippen MR) is 122 cm³/mol. The molecule has 0 unspecified atom stereocenters. The number of carbonyl (C=O) groups excluding carboxylic acids is 3. The first-order chi connectivity index (χ1) is 15.6. The lowest BCUT2D eigenvalue weighted by atomic mass is 10.1. The third kappa shape index (κ3) is 6.04. The molecule has 1 aromatic heterocycles. The van der Waals surface area contributed by atoms with Gasteiger partial charge in [0.2, 0.25) is 11.7 Å². The SMILES string of the molecule is CCOC(=O)c1c(NC(=O)CNc2ccc(F)c([N+](=O)[O-])c2)sc(C(=O)N(CC)CC)c1C. The lowest BCUT2D eigenvalue weighted by Crippen LogP contribution is -2.30. The highest BCUT2D eigenvalue weighted by Crippen LogP contribution is 2.34. The summed E-state index contributed by atoms with van der Waals surface area (Å²) in [6.45, 7) is 7.70. The fourth-order valence-corrected chi connectivity index (χ4v) is 4.20. The van der Waals surface area contributed by atoms with Crippen molar-refractivity contribution in [3.63, 3.8) is 0 Å². The molecule has 2 aromatic rings. The maximum atomic E-state index is 13.5. The molecule has 1 heterocycles. The van der Waals surface area contributed by atoms with Gasteiger partial charge in [-0.25, -0.2) is 4.79 Å². The molecule has 0 fully saturated rings. The third-order valence-corrected chi connectivity index (χ3v) is 5.92. The molecule has 0 atom stereocenters. The molecule has 0 aliphatic carbocycles. The van der Waals surface area contributed by atoms with Gasteiger partial charge < -0.3 is 20.3 Å². The fraction of sp³-hybridized carbons (Fsp3) is 0.381. The van der Waals surface area contributed by atoms with E-state index in [0.29, 0.717) is 23.5 Å². The summed E-state index contributed by atoms with van der Waals surface area (Å²) in [5.41, 5.74) is -0.0436. The average molecular weight is 481 g/mol. The van der Waals surface area contributed by atoms with Crippen LogP contribution in [0.25, 0.3) is 0 Å². The normalized spacial score (nSPS) is 10.5. The third-order valence-electron chi connectivity index (χ3n) is 4.72. The Labute approximate surface area is 193 Å². The van der Waals surface area contributed by atoms with E-state index in [2.05, 4.69) is 10.6 Å². The lowest BCUT2D eigenvalue weighted by Gasteiger charge is -2.18. The van der Waals surface area contributed by atoms with Gasteiger partial charge in [0.15, 0.2) is 0 Å². The van der Waals surface area contributed by atoms with Gasteiger partial charge in [-0.15, -0.1) is 11.3 Å². The summed E-state index contributed by atoms with van der Waals surface area (Å²) < 4.78 is 18.6. The Kier molecular flexibility index (Phi) is 8.85. The number of hydrogen-bond acceptors (Lipinski definition) is 8. The summed E-state index contributed by atoms with van der Waals surface area (Å²) in [6, 6.07) is 3.16. The summed E-state index contributed by atoms with van der Waals surface area (Å²) in [7, 11) is 0. The van der Waals surface area contributed by atoms with E-state index in [-0.39, 0.29) is 35.3 Å². The summed E-state index contributed by atoms with van der Waals surface area (Å²) in [6.07, 6.45) is 0. The van der Waals surface area contributed by atoms with Crippen LogP contribution in [0.3, 0.4) is 0 Å². The Hall–Kier alpha value is -3.54. The standard InChI is InChI=1S/C21H25FN4O6S/c1-5-25(6-2)20(28)18-12(4)17(21(29)32-7-3)19(33-18)24-16(27)11-23-13-8-9-14(22)15(10-13)26(30)31/h8-10,23H,5-7,11H2,1-4H3,(H,24,27). The van der Waals surface area contributed by atoms with Crippen molar-refractivity contribution in [1.29, 1.82) is 0 Å². The van der Waals surface area contributed by atoms with Crippen LogP contribution in [0.5, 0.6) is 0 Å². The van der Waals surface area contributed by atoms with Crippen LogP contribution in [0.1, 0.15) is 46.4 Å². The van der Waals surface area contributed by atoms with E-state index in [1.165, 1.54) is 6.07 Å². The molecule has 0 saturated carbocycles. The Morgan fingerprint density at radius 2 is 1.88 bits per heavy atom. The smallest absolute Gasteiger partial charge is 0.341 e. The van der Waals surface area contributed by atoms with Gasteiger partial charge in [0.25, 0.3) is 5.91 Å². The first-order valence-corrected chi connectivity index (χ1v) is 11.0. The number of ether oxygens (including phenoxy) is 1. The molecule has 0 bridgehead atoms. The first kappa shape index (κ1) is 25.7. The van der Waals surface area contributed by atoms with Crippen LogP contribution in [0, 0.1) is 22.9 Å². The number of thiophene rings is 1. The summed E-state index contributed by atoms with van der Waals surface area (Å²) in [5, 5.41) is 16.3. The molecule has 0 aliphatic heterocycles. The molecule has 1 aromatic carbocycles. The maximum Gasteiger partial charge on any atom is 0.341 e. The number of nitrogens with one attached hydrogen (secondary N) is 2. The Morgan fingerprint density at radius 3 is 2.45 bits per heavy atom. The number of nitro benzene ring substituents is 1. The van der Waals surface area contributed by atoms with Crippen molar-refractivity contribution in [2.75, 3.05) is 36.9 Å². The van der Waals surface area contributed by atoms with Gasteiger partial charge in [-0.2, -0.15) is 4.39 Å². The van der Waals surface area contributed by atoms with Crippen molar-refractivity contribution >= 4 is 45.5 Å². The van der Waals surface area contributed by atoms with Gasteiger partial charge in [0, 0.05) is 24.8 Å². The summed E-state index contributed by atoms with van der Waals surface area (Å²) in [5.74, 6) is -2.49. The number of carbonyl (C=O) groups is 3. The molecule has 0 radical (unpaired) electrons. The van der Waals surface area contributed by atoms with Crippen LogP contribution in [0.2, 0.25) is 0 Å². The van der Waals surface area contributed by atoms with E-state index >= 15 is 0 Å². The molecule has 0 saturated heterocycles. The van der Waals surface area contributed by atoms with Gasteiger partial charge in [-0.1, -0.05) is 0 Å². The van der Waals surface area contributed by atoms with Crippen molar-refractivity contribution in [3.8, 4) is 0 Å². The van der Waals surface area contributed by atoms with E-state index in [9.17, 15) is 28.9 Å². The number of hydrogen-bond donors (Lipinski definition) is 2.